The fraction of sp³-hybridized carbons (Fsp3) is 0.478. The molecular formula is C23H30N2O4. The van der Waals surface area contributed by atoms with Gasteiger partial charge in [-0.1, -0.05) is 37.3 Å². The fourth-order valence-electron chi connectivity index (χ4n) is 4.42. The number of hydrogen-bond acceptors (Lipinski definition) is 4. The first kappa shape index (κ1) is 21.1. The number of carbonyl (C=O) groups is 2. The van der Waals surface area contributed by atoms with Crippen molar-refractivity contribution >= 4 is 11.9 Å². The molecule has 1 aromatic carbocycles. The monoisotopic (exact) mass is 398 g/mol. The zero-order chi connectivity index (χ0) is 20.8. The van der Waals surface area contributed by atoms with E-state index in [0.29, 0.717) is 24.1 Å². The van der Waals surface area contributed by atoms with Gasteiger partial charge in [-0.25, -0.2) is 0 Å². The summed E-state index contributed by atoms with van der Waals surface area (Å²) in [7, 11) is 0. The van der Waals surface area contributed by atoms with E-state index < -0.39 is 5.97 Å². The van der Waals surface area contributed by atoms with E-state index in [1.54, 1.807) is 6.07 Å². The number of phenolic OH excluding ortho intramolecular Hbond substituents is 1. The Morgan fingerprint density at radius 2 is 2.14 bits per heavy atom. The van der Waals surface area contributed by atoms with E-state index in [1.807, 2.05) is 18.2 Å². The van der Waals surface area contributed by atoms with Crippen molar-refractivity contribution in [3.63, 3.8) is 0 Å². The fourth-order valence-corrected chi connectivity index (χ4v) is 4.42. The molecule has 3 rings (SSSR count). The number of aliphatic carboxylic acids is 1. The lowest BCUT2D eigenvalue weighted by Crippen LogP contribution is -2.45. The number of amides is 1. The molecule has 3 atom stereocenters. The van der Waals surface area contributed by atoms with Gasteiger partial charge in [-0.3, -0.25) is 9.59 Å². The largest absolute Gasteiger partial charge is 0.508 e. The average Bonchev–Trinajstić information content (AvgIpc) is 2.71. The van der Waals surface area contributed by atoms with E-state index in [9.17, 15) is 14.7 Å². The highest BCUT2D eigenvalue weighted by Crippen LogP contribution is 2.34. The van der Waals surface area contributed by atoms with Gasteiger partial charge in [-0.15, -0.1) is 0 Å². The molecule has 29 heavy (non-hydrogen) atoms. The van der Waals surface area contributed by atoms with Crippen LogP contribution in [0.4, 0.5) is 0 Å². The summed E-state index contributed by atoms with van der Waals surface area (Å²) in [5.74, 6) is -0.562. The Kier molecular flexibility index (Phi) is 7.09. The second kappa shape index (κ2) is 9.74. The molecule has 2 unspecified atom stereocenters. The second-order valence-electron chi connectivity index (χ2n) is 8.07. The second-order valence-corrected chi connectivity index (χ2v) is 8.07. The minimum absolute atomic E-state index is 0.229. The van der Waals surface area contributed by atoms with Crippen LogP contribution in [0.2, 0.25) is 0 Å². The van der Waals surface area contributed by atoms with Crippen molar-refractivity contribution in [2.45, 2.75) is 32.1 Å². The predicted molar refractivity (Wildman–Crippen MR) is 112 cm³/mol. The summed E-state index contributed by atoms with van der Waals surface area (Å²) in [5, 5.41) is 21.2. The zero-order valence-electron chi connectivity index (χ0n) is 16.9. The van der Waals surface area contributed by atoms with Crippen LogP contribution in [0.3, 0.4) is 0 Å². The average molecular weight is 399 g/mol. The normalized spacial score (nSPS) is 23.3. The summed E-state index contributed by atoms with van der Waals surface area (Å²) in [6, 6.07) is 7.48. The van der Waals surface area contributed by atoms with Crippen molar-refractivity contribution in [3.8, 4) is 5.75 Å². The number of carboxylic acid groups (broad SMARTS) is 1. The Hall–Kier alpha value is -2.60. The summed E-state index contributed by atoms with van der Waals surface area (Å²) in [6.45, 7) is 4.16. The van der Waals surface area contributed by atoms with Gasteiger partial charge in [-0.2, -0.15) is 0 Å². The van der Waals surface area contributed by atoms with Crippen molar-refractivity contribution in [2.75, 3.05) is 26.2 Å². The molecule has 1 fully saturated rings. The highest BCUT2D eigenvalue weighted by Gasteiger charge is 2.31. The third kappa shape index (κ3) is 5.70. The van der Waals surface area contributed by atoms with Crippen LogP contribution in [-0.4, -0.2) is 53.2 Å². The Balaban J connectivity index is 1.66. The number of phenols is 1. The highest BCUT2D eigenvalue weighted by molar-refractivity contribution is 5.85. The van der Waals surface area contributed by atoms with Crippen LogP contribution < -0.4 is 5.32 Å². The Bertz CT molecular complexity index is 802. The number of hydrogen-bond donors (Lipinski definition) is 3. The molecule has 156 valence electrons. The molecule has 6 heteroatoms. The number of carboxylic acids is 1. The van der Waals surface area contributed by atoms with E-state index in [4.69, 9.17) is 5.11 Å². The minimum Gasteiger partial charge on any atom is -0.508 e. The lowest BCUT2D eigenvalue weighted by Gasteiger charge is -2.39. The molecule has 1 aliphatic heterocycles. The molecule has 6 nitrogen and oxygen atoms in total. The molecule has 3 N–H and O–H groups in total. The standard InChI is InChI=1S/C23H30N2O4/c1-16-14-25(11-10-20(16)18-8-5-9-19(26)12-18)15-21(17-6-3-2-4-7-17)23(29)24-13-22(27)28/h3,5-9,12,16,20-21,26H,2,4,10-11,13-15H2,1H3,(H,24,29)(H,27,28)/t16?,20?,21-/m0/s1. The van der Waals surface area contributed by atoms with Gasteiger partial charge in [0.25, 0.3) is 0 Å². The molecule has 0 aromatic heterocycles. The van der Waals surface area contributed by atoms with Crippen LogP contribution in [0.5, 0.6) is 5.75 Å². The first-order valence-electron chi connectivity index (χ1n) is 10.3. The van der Waals surface area contributed by atoms with Crippen LogP contribution in [-0.2, 0) is 9.59 Å². The maximum Gasteiger partial charge on any atom is 0.322 e. The molecule has 1 aliphatic carbocycles. The van der Waals surface area contributed by atoms with Crippen molar-refractivity contribution in [2.24, 2.45) is 11.8 Å². The van der Waals surface area contributed by atoms with Crippen LogP contribution in [0.1, 0.15) is 37.7 Å². The molecule has 0 radical (unpaired) electrons. The molecular weight excluding hydrogens is 368 g/mol. The molecule has 0 bridgehead atoms. The maximum absolute atomic E-state index is 12.7. The Morgan fingerprint density at radius 1 is 1.31 bits per heavy atom. The maximum atomic E-state index is 12.7. The van der Waals surface area contributed by atoms with Crippen LogP contribution in [0, 0.1) is 11.8 Å². The predicted octanol–water partition coefficient (Wildman–Crippen LogP) is 2.91. The number of piperidine rings is 1. The third-order valence-corrected chi connectivity index (χ3v) is 5.88. The number of nitrogens with zero attached hydrogens (tertiary/aromatic N) is 1. The number of likely N-dealkylation sites (tertiary alicyclic amines) is 1. The third-order valence-electron chi connectivity index (χ3n) is 5.88. The van der Waals surface area contributed by atoms with Crippen LogP contribution in [0.15, 0.2) is 48.1 Å². The lowest BCUT2D eigenvalue weighted by molar-refractivity contribution is -0.138. The number of benzene rings is 1. The molecule has 1 aromatic rings. The topological polar surface area (TPSA) is 89.9 Å². The van der Waals surface area contributed by atoms with Gasteiger partial charge in [0.05, 0.1) is 5.92 Å². The van der Waals surface area contributed by atoms with Crippen molar-refractivity contribution < 1.29 is 19.8 Å². The number of rotatable bonds is 7. The van der Waals surface area contributed by atoms with E-state index in [0.717, 1.165) is 43.5 Å². The number of aromatic hydroxyl groups is 1. The van der Waals surface area contributed by atoms with Crippen molar-refractivity contribution in [3.05, 3.63) is 53.6 Å². The quantitative estimate of drug-likeness (QED) is 0.657. The summed E-state index contributed by atoms with van der Waals surface area (Å²) in [5.41, 5.74) is 2.13. The summed E-state index contributed by atoms with van der Waals surface area (Å²) >= 11 is 0. The van der Waals surface area contributed by atoms with Gasteiger partial charge >= 0.3 is 5.97 Å². The highest BCUT2D eigenvalue weighted by atomic mass is 16.4. The molecule has 1 amide bonds. The van der Waals surface area contributed by atoms with Gasteiger partial charge in [0.1, 0.15) is 12.3 Å². The Labute approximate surface area is 171 Å². The zero-order valence-corrected chi connectivity index (χ0v) is 16.9. The van der Waals surface area contributed by atoms with E-state index in [2.05, 4.69) is 35.4 Å². The Morgan fingerprint density at radius 3 is 2.79 bits per heavy atom. The van der Waals surface area contributed by atoms with Crippen LogP contribution in [0.25, 0.3) is 0 Å². The van der Waals surface area contributed by atoms with Gasteiger partial charge in [0.2, 0.25) is 5.91 Å². The van der Waals surface area contributed by atoms with Gasteiger partial charge < -0.3 is 20.4 Å². The molecule has 1 saturated heterocycles. The van der Waals surface area contributed by atoms with Gasteiger partial charge in [-0.05, 0) is 60.9 Å². The SMILES string of the molecule is CC1CN(C[C@H](C(=O)NCC(=O)O)C2=CCCC=C2)CCC1c1cccc(O)c1. The first-order valence-corrected chi connectivity index (χ1v) is 10.3. The molecule has 0 spiro atoms. The van der Waals surface area contributed by atoms with E-state index in [-0.39, 0.29) is 18.4 Å². The van der Waals surface area contributed by atoms with Crippen molar-refractivity contribution in [1.29, 1.82) is 0 Å². The van der Waals surface area contributed by atoms with Gasteiger partial charge in [0.15, 0.2) is 0 Å². The first-order chi connectivity index (χ1) is 13.9. The molecule has 2 aliphatic rings. The van der Waals surface area contributed by atoms with E-state index in [1.165, 1.54) is 0 Å². The van der Waals surface area contributed by atoms with Gasteiger partial charge in [0, 0.05) is 13.1 Å². The van der Waals surface area contributed by atoms with Crippen LogP contribution >= 0.6 is 0 Å². The molecule has 0 saturated carbocycles. The number of allylic oxidation sites excluding steroid dienone is 3. The van der Waals surface area contributed by atoms with E-state index >= 15 is 0 Å². The molecule has 1 heterocycles. The smallest absolute Gasteiger partial charge is 0.322 e. The summed E-state index contributed by atoms with van der Waals surface area (Å²) in [4.78, 5) is 25.9. The number of nitrogens with one attached hydrogen (secondary N) is 1. The summed E-state index contributed by atoms with van der Waals surface area (Å²) in [6.07, 6.45) is 9.00. The van der Waals surface area contributed by atoms with Crippen molar-refractivity contribution in [1.82, 2.24) is 10.2 Å². The minimum atomic E-state index is -1.04. The lowest BCUT2D eigenvalue weighted by atomic mass is 9.81. The summed E-state index contributed by atoms with van der Waals surface area (Å²) < 4.78 is 0. The number of carbonyl (C=O) groups excluding carboxylic acids is 1.